The van der Waals surface area contributed by atoms with E-state index in [-0.39, 0.29) is 0 Å². The van der Waals surface area contributed by atoms with E-state index in [2.05, 4.69) is 15.9 Å². The first-order valence-electron chi connectivity index (χ1n) is 3.46. The van der Waals surface area contributed by atoms with Gasteiger partial charge in [-0.05, 0) is 27.6 Å². The SMILES string of the molecule is ClCc1ccc2c(c1Br)OCO2. The summed E-state index contributed by atoms with van der Waals surface area (Å²) < 4.78 is 11.3. The van der Waals surface area contributed by atoms with Crippen LogP contribution in [0.5, 0.6) is 11.5 Å². The molecular formula is C8H6BrClO2. The molecule has 0 N–H and O–H groups in total. The topological polar surface area (TPSA) is 18.5 Å². The van der Waals surface area contributed by atoms with E-state index in [0.29, 0.717) is 12.7 Å². The predicted octanol–water partition coefficient (Wildman–Crippen LogP) is 2.92. The molecule has 0 aromatic heterocycles. The molecule has 0 radical (unpaired) electrons. The second-order valence-electron chi connectivity index (χ2n) is 2.41. The molecule has 2 rings (SSSR count). The van der Waals surface area contributed by atoms with E-state index < -0.39 is 0 Å². The predicted molar refractivity (Wildman–Crippen MR) is 49.8 cm³/mol. The summed E-state index contributed by atoms with van der Waals surface area (Å²) in [4.78, 5) is 0. The number of hydrogen-bond donors (Lipinski definition) is 0. The summed E-state index contributed by atoms with van der Waals surface area (Å²) >= 11 is 9.11. The van der Waals surface area contributed by atoms with Crippen LogP contribution in [-0.2, 0) is 5.88 Å². The van der Waals surface area contributed by atoms with Crippen molar-refractivity contribution < 1.29 is 9.47 Å². The van der Waals surface area contributed by atoms with Gasteiger partial charge in [0.1, 0.15) is 0 Å². The van der Waals surface area contributed by atoms with Gasteiger partial charge in [0.15, 0.2) is 11.5 Å². The number of fused-ring (bicyclic) bond motifs is 1. The maximum absolute atomic E-state index is 5.71. The number of rotatable bonds is 1. The molecule has 1 aliphatic heterocycles. The second kappa shape index (κ2) is 3.15. The van der Waals surface area contributed by atoms with Crippen molar-refractivity contribution >= 4 is 27.5 Å². The molecule has 0 saturated heterocycles. The highest BCUT2D eigenvalue weighted by molar-refractivity contribution is 9.10. The van der Waals surface area contributed by atoms with Crippen LogP contribution in [0.3, 0.4) is 0 Å². The van der Waals surface area contributed by atoms with Crippen molar-refractivity contribution in [2.75, 3.05) is 6.79 Å². The highest BCUT2D eigenvalue weighted by Crippen LogP contribution is 2.41. The lowest BCUT2D eigenvalue weighted by atomic mass is 10.2. The van der Waals surface area contributed by atoms with E-state index in [0.717, 1.165) is 21.5 Å². The summed E-state index contributed by atoms with van der Waals surface area (Å²) in [6.07, 6.45) is 0. The minimum Gasteiger partial charge on any atom is -0.454 e. The molecule has 0 spiro atoms. The number of alkyl halides is 1. The van der Waals surface area contributed by atoms with Gasteiger partial charge in [0.05, 0.1) is 4.47 Å². The van der Waals surface area contributed by atoms with E-state index in [4.69, 9.17) is 21.1 Å². The molecule has 0 aliphatic carbocycles. The summed E-state index contributed by atoms with van der Waals surface area (Å²) in [5, 5.41) is 0. The third kappa shape index (κ3) is 1.17. The van der Waals surface area contributed by atoms with E-state index in [1.807, 2.05) is 12.1 Å². The van der Waals surface area contributed by atoms with Gasteiger partial charge < -0.3 is 9.47 Å². The molecule has 0 bridgehead atoms. The summed E-state index contributed by atoms with van der Waals surface area (Å²) in [7, 11) is 0. The summed E-state index contributed by atoms with van der Waals surface area (Å²) in [6.45, 7) is 0.291. The van der Waals surface area contributed by atoms with Crippen molar-refractivity contribution in [1.29, 1.82) is 0 Å². The smallest absolute Gasteiger partial charge is 0.231 e. The molecule has 0 amide bonds. The van der Waals surface area contributed by atoms with Crippen LogP contribution in [0.25, 0.3) is 0 Å². The Balaban J connectivity index is 2.54. The van der Waals surface area contributed by atoms with E-state index in [1.54, 1.807) is 0 Å². The van der Waals surface area contributed by atoms with Crippen LogP contribution in [0.2, 0.25) is 0 Å². The van der Waals surface area contributed by atoms with Crippen LogP contribution in [-0.4, -0.2) is 6.79 Å². The van der Waals surface area contributed by atoms with Gasteiger partial charge in [-0.25, -0.2) is 0 Å². The van der Waals surface area contributed by atoms with E-state index in [9.17, 15) is 0 Å². The van der Waals surface area contributed by atoms with Crippen LogP contribution < -0.4 is 9.47 Å². The number of hydrogen-bond acceptors (Lipinski definition) is 2. The largest absolute Gasteiger partial charge is 0.454 e. The Morgan fingerprint density at radius 3 is 3.00 bits per heavy atom. The van der Waals surface area contributed by atoms with Gasteiger partial charge in [-0.3, -0.25) is 0 Å². The Morgan fingerprint density at radius 1 is 1.42 bits per heavy atom. The van der Waals surface area contributed by atoms with Gasteiger partial charge in [0, 0.05) is 5.88 Å². The monoisotopic (exact) mass is 248 g/mol. The third-order valence-electron chi connectivity index (χ3n) is 1.70. The van der Waals surface area contributed by atoms with Crippen LogP contribution in [0.15, 0.2) is 16.6 Å². The maximum Gasteiger partial charge on any atom is 0.231 e. The van der Waals surface area contributed by atoms with Gasteiger partial charge in [-0.2, -0.15) is 0 Å². The molecule has 0 unspecified atom stereocenters. The summed E-state index contributed by atoms with van der Waals surface area (Å²) in [6, 6.07) is 3.79. The number of halogens is 2. The van der Waals surface area contributed by atoms with Crippen LogP contribution in [0.1, 0.15) is 5.56 Å². The first-order chi connectivity index (χ1) is 5.83. The highest BCUT2D eigenvalue weighted by atomic mass is 79.9. The minimum atomic E-state index is 0.291. The van der Waals surface area contributed by atoms with Gasteiger partial charge in [-0.1, -0.05) is 6.07 Å². The molecule has 2 nitrogen and oxygen atoms in total. The Labute approximate surface area is 83.6 Å². The van der Waals surface area contributed by atoms with Crippen molar-refractivity contribution in [3.05, 3.63) is 22.2 Å². The van der Waals surface area contributed by atoms with E-state index in [1.165, 1.54) is 0 Å². The number of ether oxygens (including phenoxy) is 2. The summed E-state index contributed by atoms with van der Waals surface area (Å²) in [5.74, 6) is 2.00. The molecule has 0 fully saturated rings. The molecule has 64 valence electrons. The fourth-order valence-corrected chi connectivity index (χ4v) is 2.05. The highest BCUT2D eigenvalue weighted by Gasteiger charge is 2.18. The second-order valence-corrected chi connectivity index (χ2v) is 3.47. The standard InChI is InChI=1S/C8H6BrClO2/c9-7-5(3-10)1-2-6-8(7)12-4-11-6/h1-2H,3-4H2. The zero-order chi connectivity index (χ0) is 8.55. The van der Waals surface area contributed by atoms with Crippen molar-refractivity contribution in [3.63, 3.8) is 0 Å². The molecule has 0 saturated carbocycles. The van der Waals surface area contributed by atoms with Crippen molar-refractivity contribution in [2.24, 2.45) is 0 Å². The lowest BCUT2D eigenvalue weighted by molar-refractivity contribution is 0.173. The van der Waals surface area contributed by atoms with Crippen LogP contribution in [0, 0.1) is 0 Å². The molecule has 1 heterocycles. The van der Waals surface area contributed by atoms with Crippen LogP contribution >= 0.6 is 27.5 Å². The van der Waals surface area contributed by atoms with Crippen molar-refractivity contribution in [1.82, 2.24) is 0 Å². The minimum absolute atomic E-state index is 0.291. The Kier molecular flexibility index (Phi) is 2.15. The first-order valence-corrected chi connectivity index (χ1v) is 4.78. The fourth-order valence-electron chi connectivity index (χ4n) is 1.08. The average Bonchev–Trinajstić information content (AvgIpc) is 2.53. The number of benzene rings is 1. The molecular weight excluding hydrogens is 243 g/mol. The molecule has 1 aromatic rings. The summed E-state index contributed by atoms with van der Waals surface area (Å²) in [5.41, 5.74) is 1.01. The molecule has 12 heavy (non-hydrogen) atoms. The maximum atomic E-state index is 5.71. The Morgan fingerprint density at radius 2 is 2.25 bits per heavy atom. The fraction of sp³-hybridized carbons (Fsp3) is 0.250. The lowest BCUT2D eigenvalue weighted by Crippen LogP contribution is -1.93. The van der Waals surface area contributed by atoms with Gasteiger partial charge in [-0.15, -0.1) is 11.6 Å². The van der Waals surface area contributed by atoms with Crippen molar-refractivity contribution in [3.8, 4) is 11.5 Å². The van der Waals surface area contributed by atoms with Crippen molar-refractivity contribution in [2.45, 2.75) is 5.88 Å². The van der Waals surface area contributed by atoms with Gasteiger partial charge in [0.2, 0.25) is 6.79 Å². The lowest BCUT2D eigenvalue weighted by Gasteiger charge is -2.02. The zero-order valence-electron chi connectivity index (χ0n) is 6.14. The average molecular weight is 249 g/mol. The molecule has 1 aliphatic rings. The molecule has 4 heteroatoms. The van der Waals surface area contributed by atoms with E-state index >= 15 is 0 Å². The Hall–Kier alpha value is -0.410. The first kappa shape index (κ1) is 8.20. The molecule has 0 atom stereocenters. The zero-order valence-corrected chi connectivity index (χ0v) is 8.48. The van der Waals surface area contributed by atoms with Gasteiger partial charge in [0.25, 0.3) is 0 Å². The van der Waals surface area contributed by atoms with Gasteiger partial charge >= 0.3 is 0 Å². The quantitative estimate of drug-likeness (QED) is 0.713. The van der Waals surface area contributed by atoms with Crippen LogP contribution in [0.4, 0.5) is 0 Å². The Bertz CT molecular complexity index is 314. The normalized spacial score (nSPS) is 13.5. The third-order valence-corrected chi connectivity index (χ3v) is 2.86. The molecule has 1 aromatic carbocycles.